The Balaban J connectivity index is 1.95. The molecule has 2 unspecified atom stereocenters. The molecule has 2 heterocycles. The Hall–Kier alpha value is -1.60. The maximum absolute atomic E-state index is 9.12. The molecule has 0 spiro atoms. The van der Waals surface area contributed by atoms with E-state index in [1.807, 2.05) is 12.1 Å². The van der Waals surface area contributed by atoms with E-state index >= 15 is 0 Å². The number of ether oxygens (including phenoxy) is 1. The van der Waals surface area contributed by atoms with Crippen LogP contribution in [0.15, 0.2) is 18.3 Å². The third kappa shape index (κ3) is 1.77. The number of hydrogen-bond acceptors (Lipinski definition) is 4. The van der Waals surface area contributed by atoms with Crippen LogP contribution in [-0.2, 0) is 4.74 Å². The zero-order valence-corrected chi connectivity index (χ0v) is 9.67. The lowest BCUT2D eigenvalue weighted by molar-refractivity contribution is 0.0256. The second-order valence-corrected chi connectivity index (χ2v) is 4.58. The van der Waals surface area contributed by atoms with Crippen molar-refractivity contribution in [3.05, 3.63) is 24.0 Å². The molecule has 2 fully saturated rings. The van der Waals surface area contributed by atoms with Gasteiger partial charge in [-0.2, -0.15) is 5.26 Å². The summed E-state index contributed by atoms with van der Waals surface area (Å²) >= 11 is 0. The van der Waals surface area contributed by atoms with Gasteiger partial charge in [0, 0.05) is 12.7 Å². The minimum absolute atomic E-state index is 0.343. The fraction of sp³-hybridized carbons (Fsp3) is 0.538. The average Bonchev–Trinajstić information content (AvgIpc) is 2.86. The molecule has 0 aromatic carbocycles. The smallest absolute Gasteiger partial charge is 0.163 e. The molecule has 0 N–H and O–H groups in total. The van der Waals surface area contributed by atoms with Crippen molar-refractivity contribution in [3.8, 4) is 6.07 Å². The van der Waals surface area contributed by atoms with E-state index in [0.717, 1.165) is 31.7 Å². The molecule has 0 radical (unpaired) electrons. The maximum atomic E-state index is 9.12. The number of pyridine rings is 1. The minimum Gasteiger partial charge on any atom is -0.374 e. The number of aromatic nitrogens is 1. The lowest BCUT2D eigenvalue weighted by Crippen LogP contribution is -2.49. The highest BCUT2D eigenvalue weighted by atomic mass is 16.5. The summed E-state index contributed by atoms with van der Waals surface area (Å²) in [6.07, 6.45) is 5.53. The second-order valence-electron chi connectivity index (χ2n) is 4.58. The van der Waals surface area contributed by atoms with Crippen molar-refractivity contribution in [2.75, 3.05) is 18.1 Å². The molecule has 1 saturated heterocycles. The monoisotopic (exact) mass is 229 g/mol. The first-order valence-corrected chi connectivity index (χ1v) is 6.13. The van der Waals surface area contributed by atoms with Crippen molar-refractivity contribution in [1.29, 1.82) is 5.26 Å². The fourth-order valence-corrected chi connectivity index (χ4v) is 2.94. The molecular formula is C13H15N3O. The van der Waals surface area contributed by atoms with Crippen LogP contribution in [0.25, 0.3) is 0 Å². The second kappa shape index (κ2) is 4.34. The Morgan fingerprint density at radius 2 is 2.41 bits per heavy atom. The van der Waals surface area contributed by atoms with E-state index in [-0.39, 0.29) is 0 Å². The van der Waals surface area contributed by atoms with Gasteiger partial charge in [0.25, 0.3) is 0 Å². The summed E-state index contributed by atoms with van der Waals surface area (Å²) < 4.78 is 5.78. The molecule has 88 valence electrons. The zero-order valence-electron chi connectivity index (χ0n) is 9.67. The van der Waals surface area contributed by atoms with Crippen molar-refractivity contribution < 1.29 is 4.74 Å². The summed E-state index contributed by atoms with van der Waals surface area (Å²) in [5.41, 5.74) is 1.50. The van der Waals surface area contributed by atoms with Gasteiger partial charge in [-0.05, 0) is 31.4 Å². The molecule has 1 aromatic heterocycles. The van der Waals surface area contributed by atoms with Crippen LogP contribution < -0.4 is 4.90 Å². The standard InChI is InChI=1S/C13H15N3O/c14-9-10-11(4-2-6-15-10)16-7-8-17-13-5-1-3-12(13)16/h2,4,6,12-13H,1,3,5,7-8H2. The normalized spacial score (nSPS) is 27.6. The number of morpholine rings is 1. The molecule has 4 nitrogen and oxygen atoms in total. The molecule has 0 amide bonds. The van der Waals surface area contributed by atoms with E-state index in [1.54, 1.807) is 6.20 Å². The van der Waals surface area contributed by atoms with Gasteiger partial charge in [-0.15, -0.1) is 0 Å². The number of fused-ring (bicyclic) bond motifs is 1. The highest BCUT2D eigenvalue weighted by Gasteiger charge is 2.36. The molecule has 3 rings (SSSR count). The summed E-state index contributed by atoms with van der Waals surface area (Å²) in [6.45, 7) is 1.61. The van der Waals surface area contributed by atoms with Gasteiger partial charge in [0.15, 0.2) is 5.69 Å². The molecule has 2 atom stereocenters. The van der Waals surface area contributed by atoms with Gasteiger partial charge in [-0.3, -0.25) is 0 Å². The van der Waals surface area contributed by atoms with Crippen LogP contribution in [0.3, 0.4) is 0 Å². The zero-order chi connectivity index (χ0) is 11.7. The van der Waals surface area contributed by atoms with Crippen molar-refractivity contribution in [2.45, 2.75) is 31.4 Å². The lowest BCUT2D eigenvalue weighted by Gasteiger charge is -2.39. The summed E-state index contributed by atoms with van der Waals surface area (Å²) in [6, 6.07) is 6.50. The number of nitrogens with zero attached hydrogens (tertiary/aromatic N) is 3. The third-order valence-corrected chi connectivity index (χ3v) is 3.68. The predicted octanol–water partition coefficient (Wildman–Crippen LogP) is 1.71. The van der Waals surface area contributed by atoms with Gasteiger partial charge < -0.3 is 9.64 Å². The molecule has 2 aliphatic rings. The molecule has 1 saturated carbocycles. The quantitative estimate of drug-likeness (QED) is 0.735. The number of nitriles is 1. The first-order chi connectivity index (χ1) is 8.40. The minimum atomic E-state index is 0.343. The average molecular weight is 229 g/mol. The molecule has 17 heavy (non-hydrogen) atoms. The molecule has 4 heteroatoms. The van der Waals surface area contributed by atoms with Gasteiger partial charge >= 0.3 is 0 Å². The lowest BCUT2D eigenvalue weighted by atomic mass is 10.1. The first-order valence-electron chi connectivity index (χ1n) is 6.13. The Morgan fingerprint density at radius 1 is 1.47 bits per heavy atom. The third-order valence-electron chi connectivity index (χ3n) is 3.68. The largest absolute Gasteiger partial charge is 0.374 e. The number of hydrogen-bond donors (Lipinski definition) is 0. The van der Waals surface area contributed by atoms with E-state index < -0.39 is 0 Å². The van der Waals surface area contributed by atoms with Gasteiger partial charge in [-0.1, -0.05) is 0 Å². The Labute approximate surface area is 101 Å². The van der Waals surface area contributed by atoms with Crippen LogP contribution in [0.2, 0.25) is 0 Å². The highest BCUT2D eigenvalue weighted by molar-refractivity contribution is 5.57. The van der Waals surface area contributed by atoms with Crippen molar-refractivity contribution in [2.24, 2.45) is 0 Å². The summed E-state index contributed by atoms with van der Waals surface area (Å²) in [5.74, 6) is 0. The Morgan fingerprint density at radius 3 is 3.29 bits per heavy atom. The van der Waals surface area contributed by atoms with Crippen molar-refractivity contribution >= 4 is 5.69 Å². The maximum Gasteiger partial charge on any atom is 0.163 e. The summed E-state index contributed by atoms with van der Waals surface area (Å²) in [7, 11) is 0. The van der Waals surface area contributed by atoms with Crippen molar-refractivity contribution in [1.82, 2.24) is 4.98 Å². The molecule has 1 aliphatic heterocycles. The van der Waals surface area contributed by atoms with Crippen LogP contribution in [0.4, 0.5) is 5.69 Å². The molecular weight excluding hydrogens is 214 g/mol. The van der Waals surface area contributed by atoms with E-state index in [4.69, 9.17) is 10.00 Å². The highest BCUT2D eigenvalue weighted by Crippen LogP contribution is 2.33. The van der Waals surface area contributed by atoms with E-state index in [9.17, 15) is 0 Å². The Bertz CT molecular complexity index is 454. The van der Waals surface area contributed by atoms with Gasteiger partial charge in [0.1, 0.15) is 6.07 Å². The van der Waals surface area contributed by atoms with Crippen molar-refractivity contribution in [3.63, 3.8) is 0 Å². The van der Waals surface area contributed by atoms with E-state index in [1.165, 1.54) is 6.42 Å². The van der Waals surface area contributed by atoms with Crippen LogP contribution in [0.1, 0.15) is 25.0 Å². The topological polar surface area (TPSA) is 49.2 Å². The van der Waals surface area contributed by atoms with Crippen LogP contribution in [0.5, 0.6) is 0 Å². The van der Waals surface area contributed by atoms with Gasteiger partial charge in [0.2, 0.25) is 0 Å². The number of rotatable bonds is 1. The van der Waals surface area contributed by atoms with E-state index in [2.05, 4.69) is 16.0 Å². The van der Waals surface area contributed by atoms with Gasteiger partial charge in [-0.25, -0.2) is 4.98 Å². The fourth-order valence-electron chi connectivity index (χ4n) is 2.94. The van der Waals surface area contributed by atoms with Crippen LogP contribution >= 0.6 is 0 Å². The first kappa shape index (κ1) is 10.5. The SMILES string of the molecule is N#Cc1ncccc1N1CCOC2CCCC21. The predicted molar refractivity (Wildman–Crippen MR) is 63.7 cm³/mol. The van der Waals surface area contributed by atoms with E-state index in [0.29, 0.717) is 17.8 Å². The molecule has 1 aliphatic carbocycles. The number of anilines is 1. The summed E-state index contributed by atoms with van der Waals surface area (Å²) in [4.78, 5) is 6.46. The van der Waals surface area contributed by atoms with Crippen LogP contribution in [-0.4, -0.2) is 30.3 Å². The van der Waals surface area contributed by atoms with Crippen LogP contribution in [0, 0.1) is 11.3 Å². The van der Waals surface area contributed by atoms with Gasteiger partial charge in [0.05, 0.1) is 24.4 Å². The molecule has 1 aromatic rings. The molecule has 0 bridgehead atoms. The Kier molecular flexibility index (Phi) is 2.69. The summed E-state index contributed by atoms with van der Waals surface area (Å²) in [5, 5.41) is 9.12.